The van der Waals surface area contributed by atoms with Gasteiger partial charge in [0.2, 0.25) is 21.8 Å². The highest BCUT2D eigenvalue weighted by atomic mass is 32.2. The van der Waals surface area contributed by atoms with Gasteiger partial charge in [0.1, 0.15) is 0 Å². The second-order valence-corrected chi connectivity index (χ2v) is 9.75. The normalized spacial score (nSPS) is 16.1. The molecule has 174 valence electrons. The first-order valence-electron chi connectivity index (χ1n) is 10.6. The average molecular weight is 455 g/mol. The first-order valence-corrected chi connectivity index (χ1v) is 12.1. The van der Waals surface area contributed by atoms with Crippen molar-refractivity contribution < 1.29 is 22.7 Å². The maximum atomic E-state index is 12.8. The van der Waals surface area contributed by atoms with E-state index in [1.54, 1.807) is 0 Å². The highest BCUT2D eigenvalue weighted by Gasteiger charge is 2.24. The summed E-state index contributed by atoms with van der Waals surface area (Å²) in [5, 5.41) is 5.48. The van der Waals surface area contributed by atoms with Crippen molar-refractivity contribution in [2.24, 2.45) is 5.92 Å². The van der Waals surface area contributed by atoms with Crippen LogP contribution in [0.4, 0.5) is 5.69 Å². The zero-order chi connectivity index (χ0) is 22.9. The van der Waals surface area contributed by atoms with Gasteiger partial charge in [0.05, 0.1) is 18.1 Å². The zero-order valence-corrected chi connectivity index (χ0v) is 19.3. The molecule has 0 radical (unpaired) electrons. The quantitative estimate of drug-likeness (QED) is 0.432. The molecule has 0 saturated carbocycles. The first kappa shape index (κ1) is 25.3. The molecule has 1 aliphatic rings. The molecule has 9 nitrogen and oxygen atoms in total. The molecule has 1 aliphatic heterocycles. The van der Waals surface area contributed by atoms with Crippen LogP contribution >= 0.6 is 0 Å². The van der Waals surface area contributed by atoms with Gasteiger partial charge in [-0.2, -0.15) is 0 Å². The van der Waals surface area contributed by atoms with Gasteiger partial charge in [-0.1, -0.05) is 13.8 Å². The van der Waals surface area contributed by atoms with Gasteiger partial charge < -0.3 is 15.4 Å². The predicted molar refractivity (Wildman–Crippen MR) is 119 cm³/mol. The third-order valence-electron chi connectivity index (χ3n) is 5.08. The number of benzene rings is 1. The first-order chi connectivity index (χ1) is 14.7. The minimum atomic E-state index is -3.80. The number of carbonyl (C=O) groups excluding carboxylic acids is 2. The van der Waals surface area contributed by atoms with Crippen molar-refractivity contribution in [3.8, 4) is 0 Å². The van der Waals surface area contributed by atoms with Crippen molar-refractivity contribution in [1.29, 1.82) is 0 Å². The van der Waals surface area contributed by atoms with E-state index in [0.29, 0.717) is 12.2 Å². The Bertz CT molecular complexity index is 821. The molecule has 2 amide bonds. The topological polar surface area (TPSA) is 117 Å². The van der Waals surface area contributed by atoms with Gasteiger partial charge in [-0.05, 0) is 43.1 Å². The number of ether oxygens (including phenoxy) is 1. The fourth-order valence-corrected chi connectivity index (χ4v) is 4.61. The number of rotatable bonds is 11. The van der Waals surface area contributed by atoms with Crippen molar-refractivity contribution in [2.75, 3.05) is 44.7 Å². The van der Waals surface area contributed by atoms with Gasteiger partial charge in [-0.25, -0.2) is 13.1 Å². The summed E-state index contributed by atoms with van der Waals surface area (Å²) in [5.41, 5.74) is 0.517. The monoisotopic (exact) mass is 454 g/mol. The number of morpholine rings is 1. The number of nitrogens with zero attached hydrogens (tertiary/aromatic N) is 1. The van der Waals surface area contributed by atoms with E-state index in [2.05, 4.69) is 20.3 Å². The molecular formula is C21H34N4O5S. The Balaban J connectivity index is 1.84. The van der Waals surface area contributed by atoms with Crippen molar-refractivity contribution in [3.63, 3.8) is 0 Å². The molecule has 0 bridgehead atoms. The molecular weight excluding hydrogens is 420 g/mol. The summed E-state index contributed by atoms with van der Waals surface area (Å²) in [6.45, 7) is 9.91. The third-order valence-corrected chi connectivity index (χ3v) is 6.58. The van der Waals surface area contributed by atoms with Crippen LogP contribution in [0.5, 0.6) is 0 Å². The third kappa shape index (κ3) is 8.94. The van der Waals surface area contributed by atoms with Crippen molar-refractivity contribution in [3.05, 3.63) is 24.3 Å². The Morgan fingerprint density at radius 3 is 2.35 bits per heavy atom. The van der Waals surface area contributed by atoms with Crippen molar-refractivity contribution >= 4 is 27.5 Å². The molecule has 1 atom stereocenters. The molecule has 3 N–H and O–H groups in total. The lowest BCUT2D eigenvalue weighted by Crippen LogP contribution is -2.42. The van der Waals surface area contributed by atoms with Crippen molar-refractivity contribution in [1.82, 2.24) is 14.9 Å². The summed E-state index contributed by atoms with van der Waals surface area (Å²) < 4.78 is 33.5. The Hall–Kier alpha value is -2.01. The second-order valence-electron chi connectivity index (χ2n) is 8.04. The lowest BCUT2D eigenvalue weighted by molar-refractivity contribution is -0.121. The van der Waals surface area contributed by atoms with Gasteiger partial charge in [-0.15, -0.1) is 0 Å². The Kier molecular flexibility index (Phi) is 9.89. The molecule has 2 rings (SSSR count). The summed E-state index contributed by atoms with van der Waals surface area (Å²) in [5.74, 6) is -0.471. The van der Waals surface area contributed by atoms with Crippen molar-refractivity contribution in [2.45, 2.75) is 44.6 Å². The number of nitrogens with one attached hydrogen (secondary N) is 3. The van der Waals surface area contributed by atoms with Crippen LogP contribution < -0.4 is 15.4 Å². The van der Waals surface area contributed by atoms with Gasteiger partial charge in [0.15, 0.2) is 0 Å². The van der Waals surface area contributed by atoms with E-state index >= 15 is 0 Å². The van der Waals surface area contributed by atoms with Crippen LogP contribution in [0.25, 0.3) is 0 Å². The zero-order valence-electron chi connectivity index (χ0n) is 18.5. The summed E-state index contributed by atoms with van der Waals surface area (Å²) in [6, 6.07) is 5.38. The molecule has 1 aromatic rings. The van der Waals surface area contributed by atoms with E-state index in [1.807, 2.05) is 13.8 Å². The molecule has 0 aromatic heterocycles. The minimum Gasteiger partial charge on any atom is -0.379 e. The number of sulfonamides is 1. The Morgan fingerprint density at radius 2 is 1.77 bits per heavy atom. The van der Waals surface area contributed by atoms with Crippen LogP contribution in [0, 0.1) is 5.92 Å². The van der Waals surface area contributed by atoms with Gasteiger partial charge in [0.25, 0.3) is 0 Å². The summed E-state index contributed by atoms with van der Waals surface area (Å²) >= 11 is 0. The summed E-state index contributed by atoms with van der Waals surface area (Å²) in [6.07, 6.45) is 0.906. The molecule has 0 aliphatic carbocycles. The molecule has 1 fully saturated rings. The minimum absolute atomic E-state index is 0.0625. The van der Waals surface area contributed by atoms with Crippen LogP contribution in [-0.2, 0) is 24.3 Å². The highest BCUT2D eigenvalue weighted by Crippen LogP contribution is 2.17. The van der Waals surface area contributed by atoms with E-state index < -0.39 is 16.1 Å². The summed E-state index contributed by atoms with van der Waals surface area (Å²) in [4.78, 5) is 25.9. The number of hydrogen-bond acceptors (Lipinski definition) is 6. The average Bonchev–Trinajstić information content (AvgIpc) is 2.71. The summed E-state index contributed by atoms with van der Waals surface area (Å²) in [7, 11) is -3.80. The van der Waals surface area contributed by atoms with Crippen LogP contribution in [0.2, 0.25) is 0 Å². The number of hydrogen-bond donors (Lipinski definition) is 3. The second kappa shape index (κ2) is 12.1. The highest BCUT2D eigenvalue weighted by molar-refractivity contribution is 7.89. The maximum absolute atomic E-state index is 12.8. The van der Waals surface area contributed by atoms with Gasteiger partial charge in [0, 0.05) is 44.7 Å². The number of anilines is 1. The van der Waals surface area contributed by atoms with Gasteiger partial charge >= 0.3 is 0 Å². The van der Waals surface area contributed by atoms with E-state index in [1.165, 1.54) is 31.2 Å². The number of amides is 2. The van der Waals surface area contributed by atoms with E-state index in [-0.39, 0.29) is 29.0 Å². The molecule has 10 heteroatoms. The Labute approximate surface area is 185 Å². The smallest absolute Gasteiger partial charge is 0.240 e. The molecule has 1 aromatic carbocycles. The largest absolute Gasteiger partial charge is 0.379 e. The van der Waals surface area contributed by atoms with E-state index in [0.717, 1.165) is 39.3 Å². The fraction of sp³-hybridized carbons (Fsp3) is 0.619. The maximum Gasteiger partial charge on any atom is 0.240 e. The van der Waals surface area contributed by atoms with Crippen LogP contribution in [0.3, 0.4) is 0 Å². The van der Waals surface area contributed by atoms with E-state index in [9.17, 15) is 18.0 Å². The fourth-order valence-electron chi connectivity index (χ4n) is 3.23. The SMILES string of the molecule is CC(=O)Nc1ccc(S(=O)(=O)N[C@H](CC(=O)NCCCN2CCOCC2)C(C)C)cc1. The van der Waals surface area contributed by atoms with Gasteiger partial charge in [-0.3, -0.25) is 14.5 Å². The molecule has 0 spiro atoms. The number of carbonyl (C=O) groups is 2. The molecule has 31 heavy (non-hydrogen) atoms. The molecule has 1 saturated heterocycles. The molecule has 1 heterocycles. The molecule has 0 unspecified atom stereocenters. The van der Waals surface area contributed by atoms with Crippen LogP contribution in [0.15, 0.2) is 29.2 Å². The Morgan fingerprint density at radius 1 is 1.13 bits per heavy atom. The van der Waals surface area contributed by atoms with Crippen LogP contribution in [0.1, 0.15) is 33.6 Å². The lowest BCUT2D eigenvalue weighted by atomic mass is 10.0. The predicted octanol–water partition coefficient (Wildman–Crippen LogP) is 1.18. The standard InChI is InChI=1S/C21H34N4O5S/c1-16(2)20(15-21(27)22-9-4-10-25-11-13-30-14-12-25)24-31(28,29)19-7-5-18(6-8-19)23-17(3)26/h5-8,16,20,24H,4,9-15H2,1-3H3,(H,22,27)(H,23,26)/t20-/m1/s1. The van der Waals surface area contributed by atoms with Crippen LogP contribution in [-0.4, -0.2) is 70.6 Å². The lowest BCUT2D eigenvalue weighted by Gasteiger charge is -2.26. The van der Waals surface area contributed by atoms with E-state index in [4.69, 9.17) is 4.74 Å².